The Morgan fingerprint density at radius 2 is 1.66 bits per heavy atom. The van der Waals surface area contributed by atoms with Crippen molar-refractivity contribution in [3.8, 4) is 0 Å². The first-order valence-corrected chi connectivity index (χ1v) is 9.38. The molecule has 148 valence electrons. The van der Waals surface area contributed by atoms with Crippen LogP contribution in [0.25, 0.3) is 0 Å². The molecule has 3 fully saturated rings. The maximum atomic E-state index is 13.4. The summed E-state index contributed by atoms with van der Waals surface area (Å²) >= 11 is 0. The molecule has 5 rings (SSSR count). The van der Waals surface area contributed by atoms with Gasteiger partial charge in [-0.05, 0) is 30.2 Å². The molecule has 2 aromatic rings. The Bertz CT molecular complexity index is 1030. The van der Waals surface area contributed by atoms with Gasteiger partial charge in [0, 0.05) is 25.2 Å². The smallest absolute Gasteiger partial charge is 0.271 e. The summed E-state index contributed by atoms with van der Waals surface area (Å²) in [6.45, 7) is 1.37. The predicted molar refractivity (Wildman–Crippen MR) is 100 cm³/mol. The van der Waals surface area contributed by atoms with Gasteiger partial charge in [-0.3, -0.25) is 19.7 Å². The van der Waals surface area contributed by atoms with Crippen LogP contribution < -0.4 is 4.90 Å². The van der Waals surface area contributed by atoms with Gasteiger partial charge in [-0.1, -0.05) is 18.2 Å². The van der Waals surface area contributed by atoms with Crippen LogP contribution >= 0.6 is 0 Å². The number of halogens is 1. The second-order valence-electron chi connectivity index (χ2n) is 7.44. The van der Waals surface area contributed by atoms with Gasteiger partial charge in [0.2, 0.25) is 5.91 Å². The zero-order valence-electron chi connectivity index (χ0n) is 15.3. The number of anilines is 1. The highest BCUT2D eigenvalue weighted by Crippen LogP contribution is 2.49. The molecular weight excluding hydrogens is 379 g/mol. The fraction of sp³-hybridized carbons (Fsp3) is 0.300. The monoisotopic (exact) mass is 396 g/mol. The van der Waals surface area contributed by atoms with Gasteiger partial charge in [0.05, 0.1) is 22.6 Å². The third-order valence-corrected chi connectivity index (χ3v) is 5.92. The van der Waals surface area contributed by atoms with Gasteiger partial charge in [-0.25, -0.2) is 19.3 Å². The molecule has 3 saturated heterocycles. The molecule has 0 aliphatic carbocycles. The number of hydrogen-bond donors (Lipinski definition) is 0. The molecule has 3 heterocycles. The van der Waals surface area contributed by atoms with Gasteiger partial charge in [-0.2, -0.15) is 0 Å². The maximum absolute atomic E-state index is 13.4. The normalized spacial score (nSPS) is 26.8. The molecule has 29 heavy (non-hydrogen) atoms. The van der Waals surface area contributed by atoms with Gasteiger partial charge in [0.15, 0.2) is 0 Å². The van der Waals surface area contributed by atoms with Crippen molar-refractivity contribution in [2.45, 2.75) is 18.5 Å². The molecule has 9 heteroatoms. The number of rotatable bonds is 3. The Hall–Kier alpha value is -3.17. The van der Waals surface area contributed by atoms with E-state index in [0.717, 1.165) is 16.9 Å². The second-order valence-corrected chi connectivity index (χ2v) is 7.44. The predicted octanol–water partition coefficient (Wildman–Crippen LogP) is 2.27. The van der Waals surface area contributed by atoms with Crippen molar-refractivity contribution >= 4 is 23.2 Å². The molecule has 0 unspecified atom stereocenters. The Balaban J connectivity index is 1.57. The highest BCUT2D eigenvalue weighted by Gasteiger charge is 2.62. The highest BCUT2D eigenvalue weighted by atomic mass is 19.1. The lowest BCUT2D eigenvalue weighted by atomic mass is 9.90. The summed E-state index contributed by atoms with van der Waals surface area (Å²) in [7, 11) is 0. The van der Waals surface area contributed by atoms with E-state index in [9.17, 15) is 24.1 Å². The van der Waals surface area contributed by atoms with Gasteiger partial charge in [-0.15, -0.1) is 0 Å². The Kier molecular flexibility index (Phi) is 3.97. The van der Waals surface area contributed by atoms with Crippen LogP contribution in [0.5, 0.6) is 0 Å². The average Bonchev–Trinajstić information content (AvgIpc) is 3.35. The number of carbonyl (C=O) groups is 2. The largest absolute Gasteiger partial charge is 0.274 e. The molecule has 2 amide bonds. The van der Waals surface area contributed by atoms with E-state index in [1.165, 1.54) is 36.4 Å². The van der Waals surface area contributed by atoms with E-state index in [1.807, 2.05) is 10.0 Å². The zero-order valence-corrected chi connectivity index (χ0v) is 15.3. The van der Waals surface area contributed by atoms with Crippen molar-refractivity contribution in [2.24, 2.45) is 5.92 Å². The van der Waals surface area contributed by atoms with Crippen molar-refractivity contribution < 1.29 is 18.9 Å². The van der Waals surface area contributed by atoms with E-state index < -0.39 is 16.9 Å². The van der Waals surface area contributed by atoms with E-state index in [0.29, 0.717) is 13.1 Å². The summed E-state index contributed by atoms with van der Waals surface area (Å²) in [6, 6.07) is 10.5. The zero-order chi connectivity index (χ0) is 20.3. The van der Waals surface area contributed by atoms with Crippen LogP contribution in [0.2, 0.25) is 0 Å². The number of non-ortho nitro benzene ring substituents is 1. The van der Waals surface area contributed by atoms with Crippen LogP contribution in [0.4, 0.5) is 15.8 Å². The van der Waals surface area contributed by atoms with E-state index >= 15 is 0 Å². The Labute approximate surface area is 165 Å². The highest BCUT2D eigenvalue weighted by molar-refractivity contribution is 6.24. The molecule has 0 radical (unpaired) electrons. The van der Waals surface area contributed by atoms with E-state index in [2.05, 4.69) is 0 Å². The second kappa shape index (κ2) is 6.43. The Morgan fingerprint density at radius 3 is 2.34 bits per heavy atom. The number of amides is 2. The minimum atomic E-state index is -0.653. The number of imide groups is 1. The van der Waals surface area contributed by atoms with Crippen LogP contribution in [0.3, 0.4) is 0 Å². The molecule has 0 saturated carbocycles. The summed E-state index contributed by atoms with van der Waals surface area (Å²) in [5.41, 5.74) is 0.790. The number of hydrazine groups is 1. The van der Waals surface area contributed by atoms with Crippen LogP contribution in [-0.4, -0.2) is 45.9 Å². The number of nitro groups is 1. The molecule has 3 aliphatic heterocycles. The maximum Gasteiger partial charge on any atom is 0.271 e. The first-order chi connectivity index (χ1) is 14.0. The van der Waals surface area contributed by atoms with Gasteiger partial charge in [0.1, 0.15) is 11.9 Å². The van der Waals surface area contributed by atoms with Gasteiger partial charge in [0.25, 0.3) is 11.6 Å². The fourth-order valence-electron chi connectivity index (χ4n) is 4.77. The molecular formula is C20H17FN4O4. The number of nitrogens with zero attached hydrogens (tertiary/aromatic N) is 4. The van der Waals surface area contributed by atoms with E-state index in [-0.39, 0.29) is 35.0 Å². The standard InChI is InChI=1S/C20H17FN4O4/c21-13-7-5-12(6-8-13)17-16-18(23-10-2-9-22(17)23)20(27)24(19(16)26)14-3-1-4-15(11-14)25(28)29/h1,3-8,11,16-18H,2,9-10H2/t16-,17-,18+/m1/s1. The lowest BCUT2D eigenvalue weighted by molar-refractivity contribution is -0.384. The van der Waals surface area contributed by atoms with Crippen molar-refractivity contribution in [3.63, 3.8) is 0 Å². The van der Waals surface area contributed by atoms with Crippen molar-refractivity contribution in [3.05, 3.63) is 70.0 Å². The SMILES string of the molecule is O=C1[C@H]2[C@@H](C(=O)N1c1cccc([N+](=O)[O-])c1)N1CCCN1[C@@H]2c1ccc(F)cc1. The molecule has 3 aliphatic rings. The minimum absolute atomic E-state index is 0.182. The lowest BCUT2D eigenvalue weighted by Gasteiger charge is -2.29. The third-order valence-electron chi connectivity index (χ3n) is 5.92. The lowest BCUT2D eigenvalue weighted by Crippen LogP contribution is -2.44. The molecule has 2 aromatic carbocycles. The average molecular weight is 396 g/mol. The van der Waals surface area contributed by atoms with Crippen LogP contribution in [0, 0.1) is 21.8 Å². The number of carbonyl (C=O) groups excluding carboxylic acids is 2. The molecule has 0 bridgehead atoms. The molecule has 0 N–H and O–H groups in total. The summed E-state index contributed by atoms with van der Waals surface area (Å²) in [4.78, 5) is 38.2. The molecule has 0 spiro atoms. The summed E-state index contributed by atoms with van der Waals surface area (Å²) < 4.78 is 13.4. The topological polar surface area (TPSA) is 87.0 Å². The molecule has 0 aromatic heterocycles. The summed E-state index contributed by atoms with van der Waals surface area (Å²) in [5, 5.41) is 15.1. The third kappa shape index (κ3) is 2.58. The number of fused-ring (bicyclic) bond motifs is 3. The van der Waals surface area contributed by atoms with E-state index in [4.69, 9.17) is 0 Å². The summed E-state index contributed by atoms with van der Waals surface area (Å²) in [5.74, 6) is -1.78. The van der Waals surface area contributed by atoms with Gasteiger partial charge < -0.3 is 0 Å². The van der Waals surface area contributed by atoms with Crippen LogP contribution in [0.1, 0.15) is 18.0 Å². The Morgan fingerprint density at radius 1 is 0.966 bits per heavy atom. The minimum Gasteiger partial charge on any atom is -0.274 e. The molecule has 8 nitrogen and oxygen atoms in total. The number of hydrogen-bond acceptors (Lipinski definition) is 6. The summed E-state index contributed by atoms with van der Waals surface area (Å²) in [6.07, 6.45) is 0.860. The van der Waals surface area contributed by atoms with Crippen molar-refractivity contribution in [1.29, 1.82) is 0 Å². The molecule has 3 atom stereocenters. The quantitative estimate of drug-likeness (QED) is 0.449. The fourth-order valence-corrected chi connectivity index (χ4v) is 4.77. The first kappa shape index (κ1) is 17.9. The number of benzene rings is 2. The van der Waals surface area contributed by atoms with E-state index in [1.54, 1.807) is 12.1 Å². The number of nitro benzene ring substituents is 1. The first-order valence-electron chi connectivity index (χ1n) is 9.38. The van der Waals surface area contributed by atoms with Crippen molar-refractivity contribution in [2.75, 3.05) is 18.0 Å². The van der Waals surface area contributed by atoms with Gasteiger partial charge >= 0.3 is 0 Å². The van der Waals surface area contributed by atoms with Crippen molar-refractivity contribution in [1.82, 2.24) is 10.0 Å². The van der Waals surface area contributed by atoms with Crippen LogP contribution in [-0.2, 0) is 9.59 Å². The van der Waals surface area contributed by atoms with Crippen LogP contribution in [0.15, 0.2) is 48.5 Å².